The van der Waals surface area contributed by atoms with Gasteiger partial charge in [-0.15, -0.1) is 6.58 Å². The van der Waals surface area contributed by atoms with Crippen LogP contribution >= 0.6 is 0 Å². The molecule has 3 rings (SSSR count). The minimum atomic E-state index is -3.58. The van der Waals surface area contributed by atoms with Gasteiger partial charge in [-0.05, 0) is 49.8 Å². The molecule has 6 heteroatoms. The highest BCUT2D eigenvalue weighted by molar-refractivity contribution is 7.89. The fourth-order valence-corrected chi connectivity index (χ4v) is 5.88. The molecule has 1 aromatic carbocycles. The molecular formula is C19H26N2O3S. The lowest BCUT2D eigenvalue weighted by molar-refractivity contribution is 0.0958. The number of benzene rings is 1. The van der Waals surface area contributed by atoms with E-state index in [2.05, 4.69) is 11.9 Å². The van der Waals surface area contributed by atoms with Crippen molar-refractivity contribution >= 4 is 15.9 Å². The van der Waals surface area contributed by atoms with E-state index < -0.39 is 10.0 Å². The summed E-state index contributed by atoms with van der Waals surface area (Å²) < 4.78 is 28.1. The fraction of sp³-hybridized carbons (Fsp3) is 0.526. The summed E-state index contributed by atoms with van der Waals surface area (Å²) in [7, 11) is -3.58. The summed E-state index contributed by atoms with van der Waals surface area (Å²) in [5.74, 6) is 0.197. The first-order chi connectivity index (χ1) is 12.0. The van der Waals surface area contributed by atoms with Crippen molar-refractivity contribution in [1.82, 2.24) is 9.62 Å². The quantitative estimate of drug-likeness (QED) is 0.819. The molecule has 2 fully saturated rings. The Balaban J connectivity index is 1.86. The molecule has 2 atom stereocenters. The molecule has 2 aliphatic rings. The van der Waals surface area contributed by atoms with Crippen LogP contribution in [0.1, 0.15) is 48.9 Å². The minimum absolute atomic E-state index is 0.116. The number of nitrogens with zero attached hydrogens (tertiary/aromatic N) is 1. The Morgan fingerprint density at radius 2 is 2.00 bits per heavy atom. The van der Waals surface area contributed by atoms with E-state index in [0.717, 1.165) is 32.1 Å². The van der Waals surface area contributed by atoms with Crippen molar-refractivity contribution in [3.8, 4) is 0 Å². The average molecular weight is 362 g/mol. The molecule has 1 N–H and O–H groups in total. The predicted octanol–water partition coefficient (Wildman–Crippen LogP) is 2.95. The normalized spacial score (nSPS) is 24.3. The standard InChI is InChI=1S/C19H26N2O3S/c1-2-12-20-19(22)16-8-5-10-17(14-16)25(23,24)21-13-6-9-15-7-3-4-11-18(15)21/h2,5,8,10,14-15,18H,1,3-4,6-7,9,11-13H2,(H,20,22). The maximum atomic E-state index is 13.2. The molecule has 1 aliphatic carbocycles. The Morgan fingerprint density at radius 1 is 1.24 bits per heavy atom. The van der Waals surface area contributed by atoms with E-state index in [1.165, 1.54) is 12.5 Å². The smallest absolute Gasteiger partial charge is 0.251 e. The third-order valence-corrected chi connectivity index (χ3v) is 7.22. The van der Waals surface area contributed by atoms with Gasteiger partial charge in [0.2, 0.25) is 10.0 Å². The van der Waals surface area contributed by atoms with Crippen LogP contribution in [0, 0.1) is 5.92 Å². The number of carbonyl (C=O) groups excluding carboxylic acids is 1. The Bertz CT molecular complexity index is 743. The maximum absolute atomic E-state index is 13.2. The van der Waals surface area contributed by atoms with Crippen molar-refractivity contribution < 1.29 is 13.2 Å². The Kier molecular flexibility index (Phi) is 5.59. The van der Waals surface area contributed by atoms with E-state index in [1.54, 1.807) is 28.6 Å². The SMILES string of the molecule is C=CCNC(=O)c1cccc(S(=O)(=O)N2CCCC3CCCCC32)c1. The van der Waals surface area contributed by atoms with E-state index in [9.17, 15) is 13.2 Å². The van der Waals surface area contributed by atoms with Gasteiger partial charge >= 0.3 is 0 Å². The molecule has 0 radical (unpaired) electrons. The number of amides is 1. The molecule has 136 valence electrons. The van der Waals surface area contributed by atoms with Crippen LogP contribution in [0.15, 0.2) is 41.8 Å². The summed E-state index contributed by atoms with van der Waals surface area (Å²) in [6.45, 7) is 4.50. The topological polar surface area (TPSA) is 66.5 Å². The van der Waals surface area contributed by atoms with Crippen molar-refractivity contribution in [2.75, 3.05) is 13.1 Å². The Hall–Kier alpha value is -1.66. The number of hydrogen-bond donors (Lipinski definition) is 1. The van der Waals surface area contributed by atoms with Crippen LogP contribution in [-0.4, -0.2) is 37.8 Å². The number of nitrogens with one attached hydrogen (secondary N) is 1. The Morgan fingerprint density at radius 3 is 2.80 bits per heavy atom. The van der Waals surface area contributed by atoms with E-state index in [-0.39, 0.29) is 16.8 Å². The second kappa shape index (κ2) is 7.70. The van der Waals surface area contributed by atoms with Crippen molar-refractivity contribution in [2.24, 2.45) is 5.92 Å². The zero-order chi connectivity index (χ0) is 17.9. The first kappa shape index (κ1) is 18.1. The second-order valence-corrected chi connectivity index (χ2v) is 8.79. The summed E-state index contributed by atoms with van der Waals surface area (Å²) in [5.41, 5.74) is 0.361. The number of rotatable bonds is 5. The second-order valence-electron chi connectivity index (χ2n) is 6.90. The summed E-state index contributed by atoms with van der Waals surface area (Å²) in [5, 5.41) is 2.69. The van der Waals surface area contributed by atoms with Gasteiger partial charge in [0, 0.05) is 24.7 Å². The number of hydrogen-bond acceptors (Lipinski definition) is 3. The summed E-state index contributed by atoms with van der Waals surface area (Å²) in [6, 6.07) is 6.46. The fourth-order valence-electron chi connectivity index (χ4n) is 4.08. The molecule has 1 saturated heterocycles. The van der Waals surface area contributed by atoms with Crippen LogP contribution in [0.3, 0.4) is 0 Å². The summed E-state index contributed by atoms with van der Waals surface area (Å²) >= 11 is 0. The molecule has 5 nitrogen and oxygen atoms in total. The van der Waals surface area contributed by atoms with Crippen LogP contribution in [0.25, 0.3) is 0 Å². The zero-order valence-electron chi connectivity index (χ0n) is 14.5. The summed E-state index contributed by atoms with van der Waals surface area (Å²) in [6.07, 6.45) is 8.01. The molecule has 2 unspecified atom stereocenters. The van der Waals surface area contributed by atoms with E-state index in [0.29, 0.717) is 24.6 Å². The van der Waals surface area contributed by atoms with Crippen molar-refractivity contribution in [3.05, 3.63) is 42.5 Å². The van der Waals surface area contributed by atoms with Gasteiger partial charge in [-0.3, -0.25) is 4.79 Å². The van der Waals surface area contributed by atoms with Gasteiger partial charge in [-0.2, -0.15) is 4.31 Å². The zero-order valence-corrected chi connectivity index (χ0v) is 15.3. The third kappa shape index (κ3) is 3.80. The van der Waals surface area contributed by atoms with Crippen LogP contribution in [0.5, 0.6) is 0 Å². The van der Waals surface area contributed by atoms with E-state index in [4.69, 9.17) is 0 Å². The lowest BCUT2D eigenvalue weighted by Crippen LogP contribution is -2.49. The van der Waals surface area contributed by atoms with Gasteiger partial charge in [0.15, 0.2) is 0 Å². The molecule has 1 amide bonds. The van der Waals surface area contributed by atoms with Crippen LogP contribution in [-0.2, 0) is 10.0 Å². The monoisotopic (exact) mass is 362 g/mol. The van der Waals surface area contributed by atoms with Crippen molar-refractivity contribution in [1.29, 1.82) is 0 Å². The van der Waals surface area contributed by atoms with E-state index in [1.807, 2.05) is 0 Å². The van der Waals surface area contributed by atoms with Gasteiger partial charge in [0.25, 0.3) is 5.91 Å². The van der Waals surface area contributed by atoms with Gasteiger partial charge in [0.05, 0.1) is 4.90 Å². The van der Waals surface area contributed by atoms with E-state index >= 15 is 0 Å². The maximum Gasteiger partial charge on any atom is 0.251 e. The number of sulfonamides is 1. The minimum Gasteiger partial charge on any atom is -0.349 e. The van der Waals surface area contributed by atoms with Crippen molar-refractivity contribution in [3.63, 3.8) is 0 Å². The molecule has 0 spiro atoms. The molecule has 1 saturated carbocycles. The van der Waals surface area contributed by atoms with Gasteiger partial charge in [-0.1, -0.05) is 25.0 Å². The average Bonchev–Trinajstić information content (AvgIpc) is 2.65. The highest BCUT2D eigenvalue weighted by Crippen LogP contribution is 2.38. The molecule has 1 heterocycles. The molecule has 1 aromatic rings. The molecule has 0 bridgehead atoms. The third-order valence-electron chi connectivity index (χ3n) is 5.30. The number of fused-ring (bicyclic) bond motifs is 1. The highest BCUT2D eigenvalue weighted by Gasteiger charge is 2.39. The van der Waals surface area contributed by atoms with Crippen molar-refractivity contribution in [2.45, 2.75) is 49.5 Å². The number of carbonyl (C=O) groups is 1. The molecular weight excluding hydrogens is 336 g/mol. The molecule has 25 heavy (non-hydrogen) atoms. The largest absolute Gasteiger partial charge is 0.349 e. The highest BCUT2D eigenvalue weighted by atomic mass is 32.2. The lowest BCUT2D eigenvalue weighted by atomic mass is 9.79. The van der Waals surface area contributed by atoms with Gasteiger partial charge in [-0.25, -0.2) is 8.42 Å². The van der Waals surface area contributed by atoms with Crippen LogP contribution in [0.4, 0.5) is 0 Å². The Labute approximate surface area is 150 Å². The lowest BCUT2D eigenvalue weighted by Gasteiger charge is -2.43. The van der Waals surface area contributed by atoms with Gasteiger partial charge in [0.1, 0.15) is 0 Å². The molecule has 1 aliphatic heterocycles. The first-order valence-corrected chi connectivity index (χ1v) is 10.5. The number of piperidine rings is 1. The first-order valence-electron chi connectivity index (χ1n) is 9.05. The summed E-state index contributed by atoms with van der Waals surface area (Å²) in [4.78, 5) is 12.3. The molecule has 0 aromatic heterocycles. The van der Waals surface area contributed by atoms with Crippen LogP contribution < -0.4 is 5.32 Å². The predicted molar refractivity (Wildman–Crippen MR) is 97.8 cm³/mol. The van der Waals surface area contributed by atoms with Crippen LogP contribution in [0.2, 0.25) is 0 Å². The van der Waals surface area contributed by atoms with Gasteiger partial charge < -0.3 is 5.32 Å².